The average molecular weight is 236 g/mol. The first kappa shape index (κ1) is 13.6. The van der Waals surface area contributed by atoms with E-state index >= 15 is 0 Å². The Morgan fingerprint density at radius 1 is 1.35 bits per heavy atom. The van der Waals surface area contributed by atoms with Crippen LogP contribution in [0.25, 0.3) is 0 Å². The Balaban J connectivity index is 3.34. The molecular formula is C13H18NO3. The molecule has 0 saturated heterocycles. The molecule has 0 fully saturated rings. The number of nitro benzene ring substituents is 1. The Morgan fingerprint density at radius 3 is 2.35 bits per heavy atom. The van der Waals surface area contributed by atoms with Gasteiger partial charge in [0, 0.05) is 18.1 Å². The van der Waals surface area contributed by atoms with E-state index in [1.165, 1.54) is 6.07 Å². The van der Waals surface area contributed by atoms with Crippen molar-refractivity contribution < 1.29 is 10.0 Å². The van der Waals surface area contributed by atoms with Crippen LogP contribution in [-0.4, -0.2) is 16.6 Å². The first-order valence-electron chi connectivity index (χ1n) is 5.49. The van der Waals surface area contributed by atoms with Crippen LogP contribution in [0.4, 0.5) is 5.69 Å². The fraction of sp³-hybridized carbons (Fsp3) is 0.462. The van der Waals surface area contributed by atoms with Crippen molar-refractivity contribution in [3.8, 4) is 0 Å². The molecule has 0 saturated carbocycles. The van der Waals surface area contributed by atoms with Gasteiger partial charge in [-0.2, -0.15) is 0 Å². The molecule has 0 amide bonds. The first-order chi connectivity index (χ1) is 7.75. The molecule has 0 bridgehead atoms. The second-order valence-electron chi connectivity index (χ2n) is 5.21. The maximum Gasteiger partial charge on any atom is 0.270 e. The lowest BCUT2D eigenvalue weighted by Crippen LogP contribution is -2.13. The highest BCUT2D eigenvalue weighted by Crippen LogP contribution is 2.29. The minimum atomic E-state index is -0.399. The monoisotopic (exact) mass is 236 g/mol. The molecule has 0 spiro atoms. The van der Waals surface area contributed by atoms with E-state index in [4.69, 9.17) is 5.11 Å². The molecule has 1 radical (unpaired) electrons. The fourth-order valence-corrected chi connectivity index (χ4v) is 1.49. The maximum atomic E-state index is 10.9. The Hall–Kier alpha value is -1.42. The highest BCUT2D eigenvalue weighted by Gasteiger charge is 2.20. The third kappa shape index (κ3) is 3.27. The fourth-order valence-electron chi connectivity index (χ4n) is 1.49. The number of non-ortho nitro benzene ring substituents is 1. The molecule has 93 valence electrons. The van der Waals surface area contributed by atoms with E-state index in [1.807, 2.05) is 26.8 Å². The van der Waals surface area contributed by atoms with Gasteiger partial charge < -0.3 is 5.11 Å². The predicted octanol–water partition coefficient (Wildman–Crippen LogP) is 2.83. The molecule has 4 heteroatoms. The highest BCUT2D eigenvalue weighted by molar-refractivity contribution is 5.46. The van der Waals surface area contributed by atoms with Gasteiger partial charge in [0.15, 0.2) is 0 Å². The summed E-state index contributed by atoms with van der Waals surface area (Å²) in [6, 6.07) is 4.99. The number of aliphatic hydroxyl groups excluding tert-OH is 1. The molecule has 0 aliphatic carbocycles. The number of nitrogens with zero attached hydrogens (tertiary/aromatic N) is 1. The minimum Gasteiger partial charge on any atom is -0.395 e. The summed E-state index contributed by atoms with van der Waals surface area (Å²) >= 11 is 0. The largest absolute Gasteiger partial charge is 0.395 e. The van der Waals surface area contributed by atoms with Crippen LogP contribution in [0, 0.1) is 16.0 Å². The quantitative estimate of drug-likeness (QED) is 0.648. The maximum absolute atomic E-state index is 10.9. The van der Waals surface area contributed by atoms with Gasteiger partial charge in [0.1, 0.15) is 0 Å². The normalized spacial score (nSPS) is 11.9. The van der Waals surface area contributed by atoms with Crippen molar-refractivity contribution in [3.63, 3.8) is 0 Å². The average Bonchev–Trinajstić information content (AvgIpc) is 2.26. The van der Waals surface area contributed by atoms with Crippen molar-refractivity contribution >= 4 is 5.69 Å². The summed E-state index contributed by atoms with van der Waals surface area (Å²) in [5.41, 5.74) is 1.54. The Kier molecular flexibility index (Phi) is 3.88. The molecule has 1 aromatic rings. The van der Waals surface area contributed by atoms with Gasteiger partial charge in [0.05, 0.1) is 11.5 Å². The Morgan fingerprint density at radius 2 is 1.94 bits per heavy atom. The van der Waals surface area contributed by atoms with E-state index in [-0.39, 0.29) is 17.7 Å². The van der Waals surface area contributed by atoms with Crippen LogP contribution in [-0.2, 0) is 5.41 Å². The van der Waals surface area contributed by atoms with Crippen molar-refractivity contribution in [2.45, 2.75) is 33.1 Å². The summed E-state index contributed by atoms with van der Waals surface area (Å²) in [5, 5.41) is 20.0. The van der Waals surface area contributed by atoms with Crippen molar-refractivity contribution in [3.05, 3.63) is 45.4 Å². The molecule has 0 heterocycles. The number of nitro groups is 1. The van der Waals surface area contributed by atoms with Gasteiger partial charge in [-0.1, -0.05) is 33.8 Å². The van der Waals surface area contributed by atoms with Crippen LogP contribution in [0.15, 0.2) is 18.2 Å². The van der Waals surface area contributed by atoms with Crippen LogP contribution >= 0.6 is 0 Å². The van der Waals surface area contributed by atoms with Crippen LogP contribution in [0.2, 0.25) is 0 Å². The number of rotatable bonds is 3. The van der Waals surface area contributed by atoms with Gasteiger partial charge >= 0.3 is 0 Å². The third-order valence-electron chi connectivity index (χ3n) is 2.72. The molecule has 0 unspecified atom stereocenters. The van der Waals surface area contributed by atoms with E-state index in [9.17, 15) is 10.1 Å². The van der Waals surface area contributed by atoms with Gasteiger partial charge in [0.2, 0.25) is 0 Å². The lowest BCUT2D eigenvalue weighted by atomic mass is 9.84. The topological polar surface area (TPSA) is 63.4 Å². The van der Waals surface area contributed by atoms with E-state index in [0.29, 0.717) is 0 Å². The summed E-state index contributed by atoms with van der Waals surface area (Å²) in [7, 11) is 0. The van der Waals surface area contributed by atoms with Gasteiger partial charge in [-0.3, -0.25) is 10.1 Å². The third-order valence-corrected chi connectivity index (χ3v) is 2.72. The standard InChI is InChI=1S/C13H18NO3/c1-9(8-15)10-5-11(13(2,3)4)7-12(6-10)14(16)17/h5-7,15H,8H2,1-4H3. The SMILES string of the molecule is C[C](CO)c1cc([N+](=O)[O-])cc(C(C)(C)C)c1. The number of benzene rings is 1. The lowest BCUT2D eigenvalue weighted by molar-refractivity contribution is -0.385. The smallest absolute Gasteiger partial charge is 0.270 e. The van der Waals surface area contributed by atoms with Gasteiger partial charge in [0.25, 0.3) is 5.69 Å². The molecule has 0 aliphatic heterocycles. The number of hydrogen-bond donors (Lipinski definition) is 1. The van der Waals surface area contributed by atoms with E-state index in [1.54, 1.807) is 13.0 Å². The summed E-state index contributed by atoms with van der Waals surface area (Å²) in [5.74, 6) is 0.735. The summed E-state index contributed by atoms with van der Waals surface area (Å²) in [6.45, 7) is 7.69. The molecule has 1 N–H and O–H groups in total. The second-order valence-corrected chi connectivity index (χ2v) is 5.21. The Bertz CT molecular complexity index is 421. The van der Waals surface area contributed by atoms with Crippen LogP contribution in [0.3, 0.4) is 0 Å². The molecule has 4 nitrogen and oxygen atoms in total. The van der Waals surface area contributed by atoms with Crippen molar-refractivity contribution in [1.82, 2.24) is 0 Å². The molecule has 1 aromatic carbocycles. The van der Waals surface area contributed by atoms with Crippen LogP contribution in [0.5, 0.6) is 0 Å². The number of hydrogen-bond acceptors (Lipinski definition) is 3. The first-order valence-corrected chi connectivity index (χ1v) is 5.49. The van der Waals surface area contributed by atoms with Gasteiger partial charge in [-0.15, -0.1) is 0 Å². The minimum absolute atomic E-state index is 0.0697. The zero-order valence-electron chi connectivity index (χ0n) is 10.7. The Labute approximate surface area is 101 Å². The molecule has 1 rings (SSSR count). The van der Waals surface area contributed by atoms with Gasteiger partial charge in [-0.25, -0.2) is 0 Å². The summed E-state index contributed by atoms with van der Waals surface area (Å²) < 4.78 is 0. The van der Waals surface area contributed by atoms with Crippen LogP contribution in [0.1, 0.15) is 38.8 Å². The molecule has 0 aromatic heterocycles. The second kappa shape index (κ2) is 4.84. The van der Waals surface area contributed by atoms with Crippen molar-refractivity contribution in [2.24, 2.45) is 0 Å². The molecule has 17 heavy (non-hydrogen) atoms. The lowest BCUT2D eigenvalue weighted by Gasteiger charge is -2.20. The summed E-state index contributed by atoms with van der Waals surface area (Å²) in [4.78, 5) is 10.5. The highest BCUT2D eigenvalue weighted by atomic mass is 16.6. The van der Waals surface area contributed by atoms with E-state index in [0.717, 1.165) is 17.0 Å². The predicted molar refractivity (Wildman–Crippen MR) is 66.9 cm³/mol. The number of aliphatic hydroxyl groups is 1. The molecular weight excluding hydrogens is 218 g/mol. The van der Waals surface area contributed by atoms with Crippen molar-refractivity contribution in [1.29, 1.82) is 0 Å². The van der Waals surface area contributed by atoms with E-state index < -0.39 is 4.92 Å². The van der Waals surface area contributed by atoms with Crippen molar-refractivity contribution in [2.75, 3.05) is 6.61 Å². The zero-order chi connectivity index (χ0) is 13.2. The van der Waals surface area contributed by atoms with Crippen LogP contribution < -0.4 is 0 Å². The van der Waals surface area contributed by atoms with Gasteiger partial charge in [-0.05, 0) is 16.5 Å². The molecule has 0 atom stereocenters. The molecule has 0 aliphatic rings. The van der Waals surface area contributed by atoms with E-state index in [2.05, 4.69) is 0 Å². The zero-order valence-corrected chi connectivity index (χ0v) is 10.7. The summed E-state index contributed by atoms with van der Waals surface area (Å²) in [6.07, 6.45) is 0.